The lowest BCUT2D eigenvalue weighted by molar-refractivity contribution is 0.0914. The number of rotatable bonds is 4. The van der Waals surface area contributed by atoms with Crippen molar-refractivity contribution in [1.82, 2.24) is 10.3 Å². The molecular weight excluding hydrogens is 248 g/mol. The van der Waals surface area contributed by atoms with Crippen LogP contribution in [0.25, 0.3) is 10.9 Å². The van der Waals surface area contributed by atoms with Gasteiger partial charge in [0.1, 0.15) is 0 Å². The van der Waals surface area contributed by atoms with Crippen LogP contribution in [-0.4, -0.2) is 28.8 Å². The van der Waals surface area contributed by atoms with E-state index in [0.717, 1.165) is 37.7 Å². The zero-order chi connectivity index (χ0) is 13.8. The molecule has 2 atom stereocenters. The summed E-state index contributed by atoms with van der Waals surface area (Å²) in [6.45, 7) is 0.900. The summed E-state index contributed by atoms with van der Waals surface area (Å²) in [5, 5.41) is 14.7. The summed E-state index contributed by atoms with van der Waals surface area (Å²) in [7, 11) is 0. The van der Waals surface area contributed by atoms with Crippen molar-refractivity contribution in [2.45, 2.75) is 44.2 Å². The van der Waals surface area contributed by atoms with Crippen molar-refractivity contribution in [1.29, 1.82) is 0 Å². The van der Waals surface area contributed by atoms with E-state index in [1.807, 2.05) is 12.3 Å². The largest absolute Gasteiger partial charge is 0.392 e. The van der Waals surface area contributed by atoms with E-state index >= 15 is 0 Å². The van der Waals surface area contributed by atoms with E-state index in [-0.39, 0.29) is 12.1 Å². The molecule has 106 valence electrons. The molecule has 1 aliphatic carbocycles. The molecule has 1 fully saturated rings. The highest BCUT2D eigenvalue weighted by Crippen LogP contribution is 2.19. The van der Waals surface area contributed by atoms with Crippen LogP contribution >= 0.6 is 0 Å². The molecule has 3 rings (SSSR count). The van der Waals surface area contributed by atoms with Crippen LogP contribution in [0.3, 0.4) is 0 Å². The van der Waals surface area contributed by atoms with Gasteiger partial charge in [-0.2, -0.15) is 0 Å². The number of benzene rings is 1. The minimum atomic E-state index is -0.172. The normalized spacial score (nSPS) is 23.1. The smallest absolute Gasteiger partial charge is 0.0734 e. The topological polar surface area (TPSA) is 45.1 Å². The molecule has 0 spiro atoms. The Labute approximate surface area is 120 Å². The Hall–Kier alpha value is -1.45. The molecule has 1 aromatic carbocycles. The van der Waals surface area contributed by atoms with Gasteiger partial charge in [-0.1, -0.05) is 37.1 Å². The van der Waals surface area contributed by atoms with Gasteiger partial charge in [0.15, 0.2) is 0 Å². The number of hydrogen-bond donors (Lipinski definition) is 2. The van der Waals surface area contributed by atoms with Gasteiger partial charge in [0.25, 0.3) is 0 Å². The number of aliphatic hydroxyl groups is 1. The second-order valence-corrected chi connectivity index (χ2v) is 5.65. The summed E-state index contributed by atoms with van der Waals surface area (Å²) in [6.07, 6.45) is 7.05. The molecule has 1 aliphatic rings. The molecule has 1 heterocycles. The van der Waals surface area contributed by atoms with Crippen molar-refractivity contribution in [3.8, 4) is 0 Å². The SMILES string of the molecule is O[C@@H]1CCCC[C@H]1NCCc1cccc2cccnc12. The summed E-state index contributed by atoms with van der Waals surface area (Å²) in [6, 6.07) is 10.7. The van der Waals surface area contributed by atoms with Crippen LogP contribution in [0, 0.1) is 0 Å². The van der Waals surface area contributed by atoms with Crippen LogP contribution < -0.4 is 5.32 Å². The molecule has 1 aromatic heterocycles. The van der Waals surface area contributed by atoms with Crippen LogP contribution in [-0.2, 0) is 6.42 Å². The van der Waals surface area contributed by atoms with Crippen LogP contribution in [0.4, 0.5) is 0 Å². The highest BCUT2D eigenvalue weighted by molar-refractivity contribution is 5.81. The highest BCUT2D eigenvalue weighted by atomic mass is 16.3. The van der Waals surface area contributed by atoms with E-state index in [0.29, 0.717) is 0 Å². The minimum absolute atomic E-state index is 0.172. The third kappa shape index (κ3) is 3.00. The van der Waals surface area contributed by atoms with Gasteiger partial charge in [0.05, 0.1) is 11.6 Å². The predicted octanol–water partition coefficient (Wildman–Crippen LogP) is 2.67. The zero-order valence-corrected chi connectivity index (χ0v) is 11.8. The van der Waals surface area contributed by atoms with Crippen LogP contribution in [0.5, 0.6) is 0 Å². The molecule has 0 radical (unpaired) electrons. The average molecular weight is 270 g/mol. The van der Waals surface area contributed by atoms with Gasteiger partial charge in [-0.3, -0.25) is 4.98 Å². The van der Waals surface area contributed by atoms with E-state index < -0.39 is 0 Å². The summed E-state index contributed by atoms with van der Waals surface area (Å²) >= 11 is 0. The van der Waals surface area contributed by atoms with Gasteiger partial charge >= 0.3 is 0 Å². The number of hydrogen-bond acceptors (Lipinski definition) is 3. The fraction of sp³-hybridized carbons (Fsp3) is 0.471. The van der Waals surface area contributed by atoms with E-state index in [1.165, 1.54) is 17.4 Å². The Kier molecular flexibility index (Phi) is 4.28. The maximum absolute atomic E-state index is 9.96. The molecule has 3 heteroatoms. The average Bonchev–Trinajstić information content (AvgIpc) is 2.49. The summed E-state index contributed by atoms with van der Waals surface area (Å²) < 4.78 is 0. The van der Waals surface area contributed by atoms with E-state index in [1.54, 1.807) is 0 Å². The van der Waals surface area contributed by atoms with E-state index in [9.17, 15) is 5.11 Å². The number of para-hydroxylation sites is 1. The Morgan fingerprint density at radius 2 is 2.00 bits per heavy atom. The number of pyridine rings is 1. The molecule has 0 aliphatic heterocycles. The van der Waals surface area contributed by atoms with Gasteiger partial charge in [0.2, 0.25) is 0 Å². The first-order valence-electron chi connectivity index (χ1n) is 7.58. The third-order valence-electron chi connectivity index (χ3n) is 4.25. The Morgan fingerprint density at radius 3 is 2.90 bits per heavy atom. The zero-order valence-electron chi connectivity index (χ0n) is 11.8. The first-order chi connectivity index (χ1) is 9.84. The van der Waals surface area contributed by atoms with Crippen molar-refractivity contribution in [2.75, 3.05) is 6.54 Å². The molecule has 1 saturated carbocycles. The van der Waals surface area contributed by atoms with Gasteiger partial charge in [0, 0.05) is 17.6 Å². The predicted molar refractivity (Wildman–Crippen MR) is 81.7 cm³/mol. The quantitative estimate of drug-likeness (QED) is 0.898. The standard InChI is InChI=1S/C17H22N2O/c20-16-9-2-1-8-15(16)18-12-10-14-6-3-5-13-7-4-11-19-17(13)14/h3-7,11,15-16,18,20H,1-2,8-10,12H2/t15-,16-/m1/s1. The molecular formula is C17H22N2O. The van der Waals surface area contributed by atoms with Crippen molar-refractivity contribution in [2.24, 2.45) is 0 Å². The van der Waals surface area contributed by atoms with Crippen molar-refractivity contribution in [3.63, 3.8) is 0 Å². The van der Waals surface area contributed by atoms with E-state index in [4.69, 9.17) is 0 Å². The van der Waals surface area contributed by atoms with Gasteiger partial charge in [-0.15, -0.1) is 0 Å². The first kappa shape index (κ1) is 13.5. The van der Waals surface area contributed by atoms with Crippen LogP contribution in [0.1, 0.15) is 31.2 Å². The summed E-state index contributed by atoms with van der Waals surface area (Å²) in [5.41, 5.74) is 2.38. The molecule has 2 aromatic rings. The van der Waals surface area contributed by atoms with Crippen molar-refractivity contribution in [3.05, 3.63) is 42.1 Å². The van der Waals surface area contributed by atoms with Crippen LogP contribution in [0.15, 0.2) is 36.5 Å². The fourth-order valence-corrected chi connectivity index (χ4v) is 3.11. The lowest BCUT2D eigenvalue weighted by Gasteiger charge is -2.28. The molecule has 2 N–H and O–H groups in total. The summed E-state index contributed by atoms with van der Waals surface area (Å²) in [4.78, 5) is 4.48. The van der Waals surface area contributed by atoms with Gasteiger partial charge in [-0.25, -0.2) is 0 Å². The molecule has 0 amide bonds. The monoisotopic (exact) mass is 270 g/mol. The number of aliphatic hydroxyl groups excluding tert-OH is 1. The second kappa shape index (κ2) is 6.33. The lowest BCUT2D eigenvalue weighted by Crippen LogP contribution is -2.42. The molecule has 3 nitrogen and oxygen atoms in total. The Balaban J connectivity index is 1.62. The molecule has 0 unspecified atom stereocenters. The maximum atomic E-state index is 9.96. The molecule has 0 saturated heterocycles. The number of aromatic nitrogens is 1. The number of nitrogens with one attached hydrogen (secondary N) is 1. The van der Waals surface area contributed by atoms with Gasteiger partial charge < -0.3 is 10.4 Å². The number of fused-ring (bicyclic) bond motifs is 1. The Morgan fingerprint density at radius 1 is 1.15 bits per heavy atom. The Bertz CT molecular complexity index is 564. The fourth-order valence-electron chi connectivity index (χ4n) is 3.11. The molecule has 20 heavy (non-hydrogen) atoms. The van der Waals surface area contributed by atoms with Crippen molar-refractivity contribution < 1.29 is 5.11 Å². The van der Waals surface area contributed by atoms with Gasteiger partial charge in [-0.05, 0) is 37.4 Å². The molecule has 0 bridgehead atoms. The summed E-state index contributed by atoms with van der Waals surface area (Å²) in [5.74, 6) is 0. The second-order valence-electron chi connectivity index (χ2n) is 5.65. The highest BCUT2D eigenvalue weighted by Gasteiger charge is 2.21. The number of nitrogens with zero attached hydrogens (tertiary/aromatic N) is 1. The third-order valence-corrected chi connectivity index (χ3v) is 4.25. The van der Waals surface area contributed by atoms with Crippen LogP contribution in [0.2, 0.25) is 0 Å². The minimum Gasteiger partial charge on any atom is -0.392 e. The maximum Gasteiger partial charge on any atom is 0.0734 e. The first-order valence-corrected chi connectivity index (χ1v) is 7.58. The van der Waals surface area contributed by atoms with E-state index in [2.05, 4.69) is 34.6 Å². The lowest BCUT2D eigenvalue weighted by atomic mass is 9.92. The van der Waals surface area contributed by atoms with Crippen molar-refractivity contribution >= 4 is 10.9 Å².